The van der Waals surface area contributed by atoms with E-state index in [0.29, 0.717) is 18.2 Å². The van der Waals surface area contributed by atoms with Crippen molar-refractivity contribution in [2.75, 3.05) is 26.2 Å². The van der Waals surface area contributed by atoms with E-state index in [1.807, 2.05) is 32.9 Å². The van der Waals surface area contributed by atoms with Crippen LogP contribution in [0.4, 0.5) is 4.79 Å². The van der Waals surface area contributed by atoms with E-state index in [0.717, 1.165) is 25.2 Å². The SMILES string of the molecule is CC(C)(C)OC(=O)N1CCN(Cc2ccnc(Cl)c2)CC1. The van der Waals surface area contributed by atoms with Gasteiger partial charge in [-0.3, -0.25) is 4.90 Å². The minimum atomic E-state index is -0.442. The summed E-state index contributed by atoms with van der Waals surface area (Å²) >= 11 is 5.89. The summed E-state index contributed by atoms with van der Waals surface area (Å²) < 4.78 is 5.39. The fraction of sp³-hybridized carbons (Fsp3) is 0.600. The summed E-state index contributed by atoms with van der Waals surface area (Å²) in [7, 11) is 0. The van der Waals surface area contributed by atoms with Crippen LogP contribution in [-0.2, 0) is 11.3 Å². The molecule has 0 N–H and O–H groups in total. The molecule has 0 saturated carbocycles. The third kappa shape index (κ3) is 5.17. The first-order valence-electron chi connectivity index (χ1n) is 7.14. The molecule has 2 rings (SSSR count). The fourth-order valence-corrected chi connectivity index (χ4v) is 2.41. The van der Waals surface area contributed by atoms with Crippen molar-refractivity contribution in [1.29, 1.82) is 0 Å². The molecular weight excluding hydrogens is 290 g/mol. The topological polar surface area (TPSA) is 45.7 Å². The number of nitrogens with zero attached hydrogens (tertiary/aromatic N) is 3. The first-order chi connectivity index (χ1) is 9.83. The Morgan fingerprint density at radius 1 is 1.33 bits per heavy atom. The predicted octanol–water partition coefficient (Wildman–Crippen LogP) is 2.79. The number of piperazine rings is 1. The van der Waals surface area contributed by atoms with Gasteiger partial charge in [-0.15, -0.1) is 0 Å². The maximum absolute atomic E-state index is 12.0. The quantitative estimate of drug-likeness (QED) is 0.788. The van der Waals surface area contributed by atoms with Crippen molar-refractivity contribution in [3.63, 3.8) is 0 Å². The van der Waals surface area contributed by atoms with Crippen LogP contribution in [0.5, 0.6) is 0 Å². The molecule has 0 atom stereocenters. The lowest BCUT2D eigenvalue weighted by Crippen LogP contribution is -2.49. The van der Waals surface area contributed by atoms with Crippen LogP contribution in [0, 0.1) is 0 Å². The van der Waals surface area contributed by atoms with E-state index in [4.69, 9.17) is 16.3 Å². The molecule has 0 aromatic carbocycles. The molecule has 116 valence electrons. The monoisotopic (exact) mass is 311 g/mol. The highest BCUT2D eigenvalue weighted by molar-refractivity contribution is 6.29. The second-order valence-electron chi connectivity index (χ2n) is 6.23. The van der Waals surface area contributed by atoms with Gasteiger partial charge in [-0.1, -0.05) is 11.6 Å². The number of rotatable bonds is 2. The Labute approximate surface area is 130 Å². The summed E-state index contributed by atoms with van der Waals surface area (Å²) in [6.07, 6.45) is 1.49. The van der Waals surface area contributed by atoms with E-state index in [2.05, 4.69) is 9.88 Å². The van der Waals surface area contributed by atoms with Crippen LogP contribution in [-0.4, -0.2) is 52.7 Å². The third-order valence-electron chi connectivity index (χ3n) is 3.22. The van der Waals surface area contributed by atoms with Crippen LogP contribution in [0.1, 0.15) is 26.3 Å². The van der Waals surface area contributed by atoms with Gasteiger partial charge in [0, 0.05) is 38.9 Å². The number of pyridine rings is 1. The highest BCUT2D eigenvalue weighted by Crippen LogP contribution is 2.14. The molecule has 0 spiro atoms. The Balaban J connectivity index is 1.82. The van der Waals surface area contributed by atoms with E-state index in [9.17, 15) is 4.79 Å². The van der Waals surface area contributed by atoms with Crippen molar-refractivity contribution in [3.8, 4) is 0 Å². The van der Waals surface area contributed by atoms with Crippen molar-refractivity contribution in [2.24, 2.45) is 0 Å². The van der Waals surface area contributed by atoms with Gasteiger partial charge in [-0.25, -0.2) is 9.78 Å². The molecule has 0 aliphatic carbocycles. The van der Waals surface area contributed by atoms with Gasteiger partial charge in [-0.2, -0.15) is 0 Å². The number of ether oxygens (including phenoxy) is 1. The number of amides is 1. The molecule has 1 amide bonds. The number of hydrogen-bond acceptors (Lipinski definition) is 4. The molecule has 1 saturated heterocycles. The molecule has 5 nitrogen and oxygen atoms in total. The van der Waals surface area contributed by atoms with E-state index < -0.39 is 5.60 Å². The van der Waals surface area contributed by atoms with Gasteiger partial charge in [0.25, 0.3) is 0 Å². The van der Waals surface area contributed by atoms with E-state index in [1.165, 1.54) is 0 Å². The van der Waals surface area contributed by atoms with Crippen LogP contribution in [0.3, 0.4) is 0 Å². The lowest BCUT2D eigenvalue weighted by Gasteiger charge is -2.35. The molecule has 1 aromatic rings. The second-order valence-corrected chi connectivity index (χ2v) is 6.62. The van der Waals surface area contributed by atoms with Gasteiger partial charge in [0.2, 0.25) is 0 Å². The highest BCUT2D eigenvalue weighted by Gasteiger charge is 2.25. The molecule has 1 aliphatic heterocycles. The van der Waals surface area contributed by atoms with Crippen molar-refractivity contribution in [1.82, 2.24) is 14.8 Å². The van der Waals surface area contributed by atoms with E-state index >= 15 is 0 Å². The third-order valence-corrected chi connectivity index (χ3v) is 3.43. The molecular formula is C15H22ClN3O2. The molecule has 0 unspecified atom stereocenters. The Kier molecular flexibility index (Phi) is 5.06. The fourth-order valence-electron chi connectivity index (χ4n) is 2.21. The Morgan fingerprint density at radius 2 is 2.00 bits per heavy atom. The Morgan fingerprint density at radius 3 is 2.57 bits per heavy atom. The van der Waals surface area contributed by atoms with Crippen molar-refractivity contribution in [2.45, 2.75) is 32.9 Å². The van der Waals surface area contributed by atoms with Crippen LogP contribution in [0.25, 0.3) is 0 Å². The maximum Gasteiger partial charge on any atom is 0.410 e. The number of hydrogen-bond donors (Lipinski definition) is 0. The minimum absolute atomic E-state index is 0.228. The van der Waals surface area contributed by atoms with Crippen LogP contribution in [0.15, 0.2) is 18.3 Å². The summed E-state index contributed by atoms with van der Waals surface area (Å²) in [5.74, 6) is 0. The largest absolute Gasteiger partial charge is 0.444 e. The van der Waals surface area contributed by atoms with Crippen LogP contribution < -0.4 is 0 Å². The number of halogens is 1. The van der Waals surface area contributed by atoms with E-state index in [-0.39, 0.29) is 6.09 Å². The summed E-state index contributed by atoms with van der Waals surface area (Å²) in [6.45, 7) is 9.52. The molecule has 1 aromatic heterocycles. The summed E-state index contributed by atoms with van der Waals surface area (Å²) in [6, 6.07) is 3.84. The zero-order chi connectivity index (χ0) is 15.5. The Hall–Kier alpha value is -1.33. The van der Waals surface area contributed by atoms with E-state index in [1.54, 1.807) is 11.1 Å². The van der Waals surface area contributed by atoms with Crippen LogP contribution >= 0.6 is 11.6 Å². The zero-order valence-corrected chi connectivity index (χ0v) is 13.6. The number of carbonyl (C=O) groups is 1. The van der Waals surface area contributed by atoms with Crippen molar-refractivity contribution < 1.29 is 9.53 Å². The smallest absolute Gasteiger partial charge is 0.410 e. The zero-order valence-electron chi connectivity index (χ0n) is 12.8. The van der Waals surface area contributed by atoms with Gasteiger partial charge in [0.15, 0.2) is 0 Å². The number of aromatic nitrogens is 1. The molecule has 21 heavy (non-hydrogen) atoms. The standard InChI is InChI=1S/C15H22ClN3O2/c1-15(2,3)21-14(20)19-8-6-18(7-9-19)11-12-4-5-17-13(16)10-12/h4-5,10H,6-9,11H2,1-3H3. The molecule has 6 heteroatoms. The lowest BCUT2D eigenvalue weighted by atomic mass is 10.2. The van der Waals surface area contributed by atoms with Crippen molar-refractivity contribution >= 4 is 17.7 Å². The molecule has 0 bridgehead atoms. The lowest BCUT2D eigenvalue weighted by molar-refractivity contribution is 0.0139. The summed E-state index contributed by atoms with van der Waals surface area (Å²) in [5, 5.41) is 0.514. The predicted molar refractivity (Wildman–Crippen MR) is 82.3 cm³/mol. The Bertz CT molecular complexity index is 494. The first kappa shape index (κ1) is 16.0. The first-order valence-corrected chi connectivity index (χ1v) is 7.52. The molecule has 2 heterocycles. The molecule has 1 fully saturated rings. The molecule has 1 aliphatic rings. The van der Waals surface area contributed by atoms with Gasteiger partial charge in [0.05, 0.1) is 0 Å². The average molecular weight is 312 g/mol. The normalized spacial score (nSPS) is 16.9. The number of carbonyl (C=O) groups excluding carboxylic acids is 1. The summed E-state index contributed by atoms with van der Waals surface area (Å²) in [5.41, 5.74) is 0.697. The molecule has 0 radical (unpaired) electrons. The maximum atomic E-state index is 12.0. The second kappa shape index (κ2) is 6.62. The van der Waals surface area contributed by atoms with Gasteiger partial charge >= 0.3 is 6.09 Å². The van der Waals surface area contributed by atoms with Gasteiger partial charge < -0.3 is 9.64 Å². The summed E-state index contributed by atoms with van der Waals surface area (Å²) in [4.78, 5) is 20.0. The minimum Gasteiger partial charge on any atom is -0.444 e. The van der Waals surface area contributed by atoms with Crippen molar-refractivity contribution in [3.05, 3.63) is 29.0 Å². The highest BCUT2D eigenvalue weighted by atomic mass is 35.5. The van der Waals surface area contributed by atoms with Crippen LogP contribution in [0.2, 0.25) is 5.15 Å². The van der Waals surface area contributed by atoms with Gasteiger partial charge in [0.1, 0.15) is 10.8 Å². The van der Waals surface area contributed by atoms with Gasteiger partial charge in [-0.05, 0) is 38.5 Å². The average Bonchev–Trinajstić information content (AvgIpc) is 2.37.